The van der Waals surface area contributed by atoms with E-state index in [1.807, 2.05) is 6.92 Å². The summed E-state index contributed by atoms with van der Waals surface area (Å²) in [5.74, 6) is 0.0720. The zero-order valence-corrected chi connectivity index (χ0v) is 12.2. The van der Waals surface area contributed by atoms with E-state index in [1.54, 1.807) is 16.8 Å². The highest BCUT2D eigenvalue weighted by atomic mass is 16.2. The van der Waals surface area contributed by atoms with Crippen LogP contribution in [0.2, 0.25) is 0 Å². The first-order valence-corrected chi connectivity index (χ1v) is 7.34. The zero-order chi connectivity index (χ0) is 14.6. The maximum Gasteiger partial charge on any atom is 0.250 e. The molecule has 0 atom stereocenters. The molecular weight excluding hydrogens is 254 g/mol. The van der Waals surface area contributed by atoms with Gasteiger partial charge in [-0.1, -0.05) is 6.92 Å². The molecular formula is C15H23N3O2. The molecule has 20 heavy (non-hydrogen) atoms. The van der Waals surface area contributed by atoms with Gasteiger partial charge in [0, 0.05) is 18.8 Å². The molecule has 2 N–H and O–H groups in total. The number of carbonyl (C=O) groups is 1. The largest absolute Gasteiger partial charge is 0.324 e. The number of anilines is 1. The van der Waals surface area contributed by atoms with Crippen molar-refractivity contribution in [2.75, 3.05) is 18.4 Å². The van der Waals surface area contributed by atoms with E-state index in [0.717, 1.165) is 32.4 Å². The number of hydrogen-bond acceptors (Lipinski definition) is 3. The lowest BCUT2D eigenvalue weighted by Gasteiger charge is -2.35. The Morgan fingerprint density at radius 3 is 2.65 bits per heavy atom. The van der Waals surface area contributed by atoms with E-state index >= 15 is 0 Å². The van der Waals surface area contributed by atoms with Crippen molar-refractivity contribution in [3.05, 3.63) is 28.7 Å². The van der Waals surface area contributed by atoms with Gasteiger partial charge in [0.05, 0.1) is 11.1 Å². The van der Waals surface area contributed by atoms with Crippen molar-refractivity contribution in [2.24, 2.45) is 5.41 Å². The highest BCUT2D eigenvalue weighted by Gasteiger charge is 2.37. The Kier molecular flexibility index (Phi) is 4.60. The van der Waals surface area contributed by atoms with Gasteiger partial charge in [-0.2, -0.15) is 0 Å². The van der Waals surface area contributed by atoms with E-state index < -0.39 is 0 Å². The second-order valence-electron chi connectivity index (χ2n) is 5.38. The van der Waals surface area contributed by atoms with Gasteiger partial charge in [-0.05, 0) is 45.3 Å². The lowest BCUT2D eigenvalue weighted by atomic mass is 9.76. The molecule has 0 spiro atoms. The summed E-state index contributed by atoms with van der Waals surface area (Å²) in [5, 5.41) is 6.27. The Morgan fingerprint density at radius 2 is 2.05 bits per heavy atom. The second-order valence-corrected chi connectivity index (χ2v) is 5.38. The van der Waals surface area contributed by atoms with E-state index in [0.29, 0.717) is 12.2 Å². The van der Waals surface area contributed by atoms with Crippen LogP contribution < -0.4 is 16.2 Å². The third-order valence-corrected chi connectivity index (χ3v) is 4.30. The molecule has 1 amide bonds. The predicted molar refractivity (Wildman–Crippen MR) is 79.8 cm³/mol. The third-order valence-electron chi connectivity index (χ3n) is 4.30. The first-order valence-electron chi connectivity index (χ1n) is 7.34. The predicted octanol–water partition coefficient (Wildman–Crippen LogP) is 1.59. The molecule has 1 aromatic heterocycles. The molecule has 1 aliphatic rings. The van der Waals surface area contributed by atoms with Crippen LogP contribution in [0.3, 0.4) is 0 Å². The molecule has 0 aromatic carbocycles. The molecule has 1 fully saturated rings. The van der Waals surface area contributed by atoms with Crippen molar-refractivity contribution >= 4 is 11.6 Å². The van der Waals surface area contributed by atoms with Crippen molar-refractivity contribution in [1.29, 1.82) is 0 Å². The molecule has 0 unspecified atom stereocenters. The third kappa shape index (κ3) is 2.93. The minimum atomic E-state index is -0.279. The van der Waals surface area contributed by atoms with Crippen LogP contribution in [0.4, 0.5) is 5.69 Å². The minimum absolute atomic E-state index is 0.0439. The summed E-state index contributed by atoms with van der Waals surface area (Å²) in [6.45, 7) is 6.35. The number of aromatic nitrogens is 1. The van der Waals surface area contributed by atoms with Gasteiger partial charge in [-0.25, -0.2) is 0 Å². The summed E-state index contributed by atoms with van der Waals surface area (Å²) in [7, 11) is 0. The van der Waals surface area contributed by atoms with Crippen LogP contribution in [-0.2, 0) is 11.3 Å². The van der Waals surface area contributed by atoms with Gasteiger partial charge in [-0.3, -0.25) is 9.59 Å². The van der Waals surface area contributed by atoms with Crippen molar-refractivity contribution in [3.63, 3.8) is 0 Å². The fourth-order valence-electron chi connectivity index (χ4n) is 2.76. The molecule has 2 heterocycles. The Morgan fingerprint density at radius 1 is 1.35 bits per heavy atom. The number of nitrogens with one attached hydrogen (secondary N) is 2. The second kappa shape index (κ2) is 6.22. The van der Waals surface area contributed by atoms with Gasteiger partial charge in [0.15, 0.2) is 0 Å². The molecule has 1 aromatic rings. The van der Waals surface area contributed by atoms with E-state index in [2.05, 4.69) is 17.6 Å². The molecule has 2 rings (SSSR count). The summed E-state index contributed by atoms with van der Waals surface area (Å²) in [4.78, 5) is 24.1. The number of aryl methyl sites for hydroxylation is 1. The zero-order valence-electron chi connectivity index (χ0n) is 12.2. The van der Waals surface area contributed by atoms with Gasteiger partial charge in [-0.15, -0.1) is 0 Å². The summed E-state index contributed by atoms with van der Waals surface area (Å²) in [5.41, 5.74) is 0.374. The molecule has 0 radical (unpaired) electrons. The molecule has 5 heteroatoms. The fourth-order valence-corrected chi connectivity index (χ4v) is 2.76. The summed E-state index contributed by atoms with van der Waals surface area (Å²) in [6, 6.07) is 3.18. The normalized spacial score (nSPS) is 17.7. The van der Waals surface area contributed by atoms with Crippen LogP contribution in [0, 0.1) is 5.41 Å². The molecule has 0 bridgehead atoms. The van der Waals surface area contributed by atoms with Gasteiger partial charge in [0.2, 0.25) is 5.91 Å². The monoisotopic (exact) mass is 277 g/mol. The average molecular weight is 277 g/mol. The van der Waals surface area contributed by atoms with Gasteiger partial charge >= 0.3 is 0 Å². The Bertz CT molecular complexity index is 530. The summed E-state index contributed by atoms with van der Waals surface area (Å²) in [6.07, 6.45) is 4.28. The first-order chi connectivity index (χ1) is 9.61. The number of pyridine rings is 1. The smallest absolute Gasteiger partial charge is 0.250 e. The Balaban J connectivity index is 2.16. The van der Waals surface area contributed by atoms with E-state index in [-0.39, 0.29) is 16.9 Å². The van der Waals surface area contributed by atoms with Gasteiger partial charge < -0.3 is 15.2 Å². The van der Waals surface area contributed by atoms with E-state index in [1.165, 1.54) is 6.07 Å². The quantitative estimate of drug-likeness (QED) is 0.878. The van der Waals surface area contributed by atoms with Crippen LogP contribution in [0.15, 0.2) is 23.1 Å². The van der Waals surface area contributed by atoms with Crippen molar-refractivity contribution in [2.45, 2.75) is 39.7 Å². The van der Waals surface area contributed by atoms with Crippen LogP contribution in [0.25, 0.3) is 0 Å². The van der Waals surface area contributed by atoms with Crippen LogP contribution in [0.1, 0.15) is 33.1 Å². The number of hydrogen-bond donors (Lipinski definition) is 2. The minimum Gasteiger partial charge on any atom is -0.324 e. The molecule has 0 aliphatic carbocycles. The average Bonchev–Trinajstić information content (AvgIpc) is 2.49. The van der Waals surface area contributed by atoms with Gasteiger partial charge in [0.1, 0.15) is 0 Å². The van der Waals surface area contributed by atoms with Crippen LogP contribution in [-0.4, -0.2) is 23.6 Å². The number of piperidine rings is 1. The van der Waals surface area contributed by atoms with Gasteiger partial charge in [0.25, 0.3) is 5.56 Å². The lowest BCUT2D eigenvalue weighted by molar-refractivity contribution is -0.127. The summed E-state index contributed by atoms with van der Waals surface area (Å²) >= 11 is 0. The number of amides is 1. The molecule has 110 valence electrons. The SMILES string of the molecule is CCn1cc(NC(=O)C2(CC)CCNCC2)ccc1=O. The molecule has 1 saturated heterocycles. The van der Waals surface area contributed by atoms with Crippen LogP contribution >= 0.6 is 0 Å². The Labute approximate surface area is 119 Å². The highest BCUT2D eigenvalue weighted by molar-refractivity contribution is 5.95. The number of rotatable bonds is 4. The van der Waals surface area contributed by atoms with Crippen molar-refractivity contribution in [3.8, 4) is 0 Å². The van der Waals surface area contributed by atoms with Crippen molar-refractivity contribution < 1.29 is 4.79 Å². The topological polar surface area (TPSA) is 63.1 Å². The van der Waals surface area contributed by atoms with E-state index in [4.69, 9.17) is 0 Å². The van der Waals surface area contributed by atoms with Crippen molar-refractivity contribution in [1.82, 2.24) is 9.88 Å². The lowest BCUT2D eigenvalue weighted by Crippen LogP contribution is -2.44. The number of nitrogens with zero attached hydrogens (tertiary/aromatic N) is 1. The highest BCUT2D eigenvalue weighted by Crippen LogP contribution is 2.33. The fraction of sp³-hybridized carbons (Fsp3) is 0.600. The molecule has 5 nitrogen and oxygen atoms in total. The molecule has 1 aliphatic heterocycles. The standard InChI is InChI=1S/C15H23N3O2/c1-3-15(7-9-16-10-8-15)14(20)17-12-5-6-13(19)18(4-2)11-12/h5-6,11,16H,3-4,7-10H2,1-2H3,(H,17,20). The Hall–Kier alpha value is -1.62. The first kappa shape index (κ1) is 14.8. The summed E-state index contributed by atoms with van der Waals surface area (Å²) < 4.78 is 1.59. The molecule has 0 saturated carbocycles. The number of carbonyl (C=O) groups excluding carboxylic acids is 1. The maximum atomic E-state index is 12.6. The maximum absolute atomic E-state index is 12.6. The van der Waals surface area contributed by atoms with E-state index in [9.17, 15) is 9.59 Å². The van der Waals surface area contributed by atoms with Crippen LogP contribution in [0.5, 0.6) is 0 Å².